The van der Waals surface area contributed by atoms with Crippen LogP contribution in [0.5, 0.6) is 0 Å². The molecular weight excluding hydrogens is 436 g/mol. The van der Waals surface area contributed by atoms with Gasteiger partial charge in [-0.3, -0.25) is 9.69 Å². The quantitative estimate of drug-likeness (QED) is 0.427. The molecule has 1 aliphatic rings. The molecule has 0 aliphatic carbocycles. The van der Waals surface area contributed by atoms with Gasteiger partial charge in [-0.25, -0.2) is 4.68 Å². The van der Waals surface area contributed by atoms with Crippen molar-refractivity contribution < 1.29 is 4.79 Å². The molecule has 0 saturated carbocycles. The molecule has 1 amide bonds. The third kappa shape index (κ3) is 5.46. The number of nitrogens with zero attached hydrogens (tertiary/aromatic N) is 5. The standard InChI is InChI=1S/C28H30N6O/c1-21-8-5-6-13-26(21)24-12-7-11-23(16-24)18-33-19-25(34-20-30-31-32-34)17-27(33)28(35)29-15-14-22-9-3-2-4-10-22/h2-13,16,20,25,27H,14-15,17-19H2,1H3,(H,29,35)/t25-,27-/m0/s1. The third-order valence-corrected chi connectivity index (χ3v) is 6.75. The number of aromatic nitrogens is 4. The predicted octanol–water partition coefficient (Wildman–Crippen LogP) is 3.82. The second-order valence-corrected chi connectivity index (χ2v) is 9.17. The largest absolute Gasteiger partial charge is 0.354 e. The van der Waals surface area contributed by atoms with Gasteiger partial charge in [-0.2, -0.15) is 0 Å². The highest BCUT2D eigenvalue weighted by Gasteiger charge is 2.38. The summed E-state index contributed by atoms with van der Waals surface area (Å²) in [6.45, 7) is 4.16. The maximum Gasteiger partial charge on any atom is 0.237 e. The summed E-state index contributed by atoms with van der Waals surface area (Å²) >= 11 is 0. The second kappa shape index (κ2) is 10.6. The van der Waals surface area contributed by atoms with Gasteiger partial charge in [-0.1, -0.05) is 72.8 Å². The van der Waals surface area contributed by atoms with E-state index in [1.54, 1.807) is 11.0 Å². The van der Waals surface area contributed by atoms with E-state index in [0.717, 1.165) is 13.0 Å². The number of carbonyl (C=O) groups excluding carboxylic acids is 1. The molecule has 5 rings (SSSR count). The Morgan fingerprint density at radius 1 is 1.00 bits per heavy atom. The molecular formula is C28H30N6O. The number of nitrogens with one attached hydrogen (secondary N) is 1. The second-order valence-electron chi connectivity index (χ2n) is 9.17. The Labute approximate surface area is 205 Å². The molecule has 2 heterocycles. The van der Waals surface area contributed by atoms with Gasteiger partial charge in [0.1, 0.15) is 6.33 Å². The zero-order valence-electron chi connectivity index (χ0n) is 19.9. The molecule has 0 spiro atoms. The number of amides is 1. The fourth-order valence-electron chi connectivity index (χ4n) is 4.92. The van der Waals surface area contributed by atoms with Crippen molar-refractivity contribution in [2.24, 2.45) is 0 Å². The Morgan fingerprint density at radius 3 is 2.60 bits per heavy atom. The Morgan fingerprint density at radius 2 is 1.80 bits per heavy atom. The van der Waals surface area contributed by atoms with Gasteiger partial charge in [0.2, 0.25) is 5.91 Å². The van der Waals surface area contributed by atoms with Crippen LogP contribution < -0.4 is 5.32 Å². The van der Waals surface area contributed by atoms with Crippen molar-refractivity contribution >= 4 is 5.91 Å². The van der Waals surface area contributed by atoms with Crippen LogP contribution in [0.15, 0.2) is 85.2 Å². The van der Waals surface area contributed by atoms with E-state index >= 15 is 0 Å². The SMILES string of the molecule is Cc1ccccc1-c1cccc(CN2C[C@@H](n3cnnn3)C[C@H]2C(=O)NCCc2ccccc2)c1. The highest BCUT2D eigenvalue weighted by Crippen LogP contribution is 2.30. The maximum absolute atomic E-state index is 13.3. The molecule has 178 valence electrons. The molecule has 3 aromatic carbocycles. The highest BCUT2D eigenvalue weighted by atomic mass is 16.2. The van der Waals surface area contributed by atoms with Crippen molar-refractivity contribution in [1.29, 1.82) is 0 Å². The van der Waals surface area contributed by atoms with Crippen LogP contribution in [-0.2, 0) is 17.8 Å². The average Bonchev–Trinajstić information content (AvgIpc) is 3.56. The lowest BCUT2D eigenvalue weighted by Crippen LogP contribution is -2.43. The van der Waals surface area contributed by atoms with Gasteiger partial charge >= 0.3 is 0 Å². The number of benzene rings is 3. The average molecular weight is 467 g/mol. The minimum Gasteiger partial charge on any atom is -0.354 e. The summed E-state index contributed by atoms with van der Waals surface area (Å²) in [5.74, 6) is 0.0616. The Balaban J connectivity index is 1.31. The zero-order chi connectivity index (χ0) is 24.0. The Bertz CT molecular complexity index is 1260. The smallest absolute Gasteiger partial charge is 0.237 e. The lowest BCUT2D eigenvalue weighted by molar-refractivity contribution is -0.125. The van der Waals surface area contributed by atoms with E-state index in [9.17, 15) is 4.79 Å². The van der Waals surface area contributed by atoms with Crippen LogP contribution in [0.3, 0.4) is 0 Å². The zero-order valence-corrected chi connectivity index (χ0v) is 19.9. The summed E-state index contributed by atoms with van der Waals surface area (Å²) in [7, 11) is 0. The molecule has 7 nitrogen and oxygen atoms in total. The van der Waals surface area contributed by atoms with Crippen LogP contribution in [0, 0.1) is 6.92 Å². The molecule has 35 heavy (non-hydrogen) atoms. The van der Waals surface area contributed by atoms with E-state index in [-0.39, 0.29) is 18.0 Å². The fourth-order valence-corrected chi connectivity index (χ4v) is 4.92. The number of aryl methyl sites for hydroxylation is 1. The third-order valence-electron chi connectivity index (χ3n) is 6.75. The van der Waals surface area contributed by atoms with Crippen LogP contribution >= 0.6 is 0 Å². The molecule has 0 unspecified atom stereocenters. The van der Waals surface area contributed by atoms with Crippen LogP contribution in [0.2, 0.25) is 0 Å². The molecule has 0 radical (unpaired) electrons. The van der Waals surface area contributed by atoms with Crippen molar-refractivity contribution in [3.63, 3.8) is 0 Å². The van der Waals surface area contributed by atoms with E-state index < -0.39 is 0 Å². The molecule has 1 N–H and O–H groups in total. The predicted molar refractivity (Wildman–Crippen MR) is 135 cm³/mol. The van der Waals surface area contributed by atoms with E-state index in [0.29, 0.717) is 19.5 Å². The van der Waals surface area contributed by atoms with Gasteiger partial charge in [0, 0.05) is 19.6 Å². The number of rotatable bonds is 8. The van der Waals surface area contributed by atoms with Gasteiger partial charge in [-0.05, 0) is 64.1 Å². The van der Waals surface area contributed by atoms with E-state index in [1.807, 2.05) is 18.2 Å². The highest BCUT2D eigenvalue weighted by molar-refractivity contribution is 5.82. The molecule has 1 aliphatic heterocycles. The lowest BCUT2D eigenvalue weighted by Gasteiger charge is -2.24. The monoisotopic (exact) mass is 466 g/mol. The normalized spacial score (nSPS) is 18.0. The van der Waals surface area contributed by atoms with Gasteiger partial charge < -0.3 is 5.32 Å². The van der Waals surface area contributed by atoms with Gasteiger partial charge in [0.25, 0.3) is 0 Å². The number of likely N-dealkylation sites (tertiary alicyclic amines) is 1. The first-order valence-corrected chi connectivity index (χ1v) is 12.1. The van der Waals surface area contributed by atoms with E-state index in [4.69, 9.17) is 0 Å². The van der Waals surface area contributed by atoms with Gasteiger partial charge in [0.05, 0.1) is 12.1 Å². The minimum absolute atomic E-state index is 0.0616. The number of tetrazole rings is 1. The van der Waals surface area contributed by atoms with Gasteiger partial charge in [0.15, 0.2) is 0 Å². The number of carbonyl (C=O) groups is 1. The van der Waals surface area contributed by atoms with Crippen LogP contribution in [0.25, 0.3) is 11.1 Å². The van der Waals surface area contributed by atoms with Crippen molar-refractivity contribution in [2.75, 3.05) is 13.1 Å². The molecule has 1 saturated heterocycles. The molecule has 7 heteroatoms. The van der Waals surface area contributed by atoms with Crippen LogP contribution in [-0.4, -0.2) is 50.1 Å². The Kier molecular flexibility index (Phi) is 6.95. The van der Waals surface area contributed by atoms with Crippen LogP contribution in [0.4, 0.5) is 0 Å². The molecule has 4 aromatic rings. The van der Waals surface area contributed by atoms with Crippen molar-refractivity contribution in [3.8, 4) is 11.1 Å². The molecule has 0 bridgehead atoms. The summed E-state index contributed by atoms with van der Waals surface area (Å²) in [6, 6.07) is 27.1. The summed E-state index contributed by atoms with van der Waals surface area (Å²) in [4.78, 5) is 15.5. The first-order valence-electron chi connectivity index (χ1n) is 12.1. The number of hydrogen-bond acceptors (Lipinski definition) is 5. The summed E-state index contributed by atoms with van der Waals surface area (Å²) in [5, 5.41) is 14.8. The molecule has 1 fully saturated rings. The van der Waals surface area contributed by atoms with Crippen molar-refractivity contribution in [3.05, 3.63) is 102 Å². The molecule has 1 aromatic heterocycles. The lowest BCUT2D eigenvalue weighted by atomic mass is 9.99. The first-order chi connectivity index (χ1) is 17.2. The Hall–Kier alpha value is -3.84. The minimum atomic E-state index is -0.234. The molecule has 2 atom stereocenters. The maximum atomic E-state index is 13.3. The summed E-state index contributed by atoms with van der Waals surface area (Å²) in [5.41, 5.74) is 6.08. The van der Waals surface area contributed by atoms with Crippen LogP contribution in [0.1, 0.15) is 29.2 Å². The van der Waals surface area contributed by atoms with E-state index in [2.05, 4.69) is 93.3 Å². The van der Waals surface area contributed by atoms with Crippen molar-refractivity contribution in [1.82, 2.24) is 30.4 Å². The summed E-state index contributed by atoms with van der Waals surface area (Å²) < 4.78 is 1.77. The topological polar surface area (TPSA) is 75.9 Å². The fraction of sp³-hybridized carbons (Fsp3) is 0.286. The van der Waals surface area contributed by atoms with Crippen molar-refractivity contribution in [2.45, 2.75) is 38.4 Å². The van der Waals surface area contributed by atoms with Gasteiger partial charge in [-0.15, -0.1) is 5.10 Å². The summed E-state index contributed by atoms with van der Waals surface area (Å²) in [6.07, 6.45) is 3.13. The first kappa shape index (κ1) is 22.9. The number of hydrogen-bond donors (Lipinski definition) is 1. The van der Waals surface area contributed by atoms with E-state index in [1.165, 1.54) is 27.8 Å².